The van der Waals surface area contributed by atoms with Crippen LogP contribution in [0.4, 0.5) is 0 Å². The van der Waals surface area contributed by atoms with Crippen LogP contribution in [0.15, 0.2) is 90.0 Å². The van der Waals surface area contributed by atoms with E-state index in [1.165, 1.54) is 10.2 Å². The molecule has 0 aliphatic carbocycles. The number of pyridine rings is 1. The average Bonchev–Trinajstić information content (AvgIpc) is 3.27. The third kappa shape index (κ3) is 5.14. The molecule has 0 fully saturated rings. The van der Waals surface area contributed by atoms with Gasteiger partial charge in [-0.05, 0) is 73.1 Å². The summed E-state index contributed by atoms with van der Waals surface area (Å²) in [6.07, 6.45) is 2.45. The third-order valence-electron chi connectivity index (χ3n) is 6.78. The summed E-state index contributed by atoms with van der Waals surface area (Å²) in [5, 5.41) is 1.90. The second-order valence-electron chi connectivity index (χ2n) is 9.09. The third-order valence-corrected chi connectivity index (χ3v) is 8.71. The van der Waals surface area contributed by atoms with Crippen LogP contribution in [0.2, 0.25) is 5.02 Å². The smallest absolute Gasteiger partial charge is 0.269 e. The van der Waals surface area contributed by atoms with Gasteiger partial charge in [-0.25, -0.2) is 17.4 Å². The van der Waals surface area contributed by atoms with Gasteiger partial charge in [0.2, 0.25) is 0 Å². The summed E-state index contributed by atoms with van der Waals surface area (Å²) in [7, 11) is -3.87. The molecule has 0 bridgehead atoms. The fourth-order valence-corrected chi connectivity index (χ4v) is 6.38. The van der Waals surface area contributed by atoms with E-state index in [0.717, 1.165) is 48.3 Å². The number of ether oxygens (including phenoxy) is 1. The van der Waals surface area contributed by atoms with Crippen LogP contribution in [0.5, 0.6) is 5.75 Å². The van der Waals surface area contributed by atoms with Crippen LogP contribution in [-0.4, -0.2) is 48.5 Å². The molecule has 0 aliphatic heterocycles. The summed E-state index contributed by atoms with van der Waals surface area (Å²) in [6, 6.07) is 23.9. The van der Waals surface area contributed by atoms with Gasteiger partial charge in [0, 0.05) is 23.5 Å². The first kappa shape index (κ1) is 26.2. The number of hydrogen-bond acceptors (Lipinski definition) is 5. The largest absolute Gasteiger partial charge is 0.494 e. The molecule has 5 aromatic rings. The van der Waals surface area contributed by atoms with Gasteiger partial charge in [-0.15, -0.1) is 0 Å². The van der Waals surface area contributed by atoms with E-state index in [1.807, 2.05) is 42.5 Å². The van der Waals surface area contributed by atoms with Crippen LogP contribution < -0.4 is 4.74 Å². The Kier molecular flexibility index (Phi) is 7.70. The van der Waals surface area contributed by atoms with Crippen molar-refractivity contribution in [3.8, 4) is 16.9 Å². The van der Waals surface area contributed by atoms with E-state index >= 15 is 0 Å². The van der Waals surface area contributed by atoms with Gasteiger partial charge in [0.05, 0.1) is 22.0 Å². The van der Waals surface area contributed by atoms with Crippen molar-refractivity contribution in [1.82, 2.24) is 13.9 Å². The average molecular weight is 548 g/mol. The summed E-state index contributed by atoms with van der Waals surface area (Å²) in [4.78, 5) is 7.00. The van der Waals surface area contributed by atoms with Crippen molar-refractivity contribution in [2.45, 2.75) is 25.2 Å². The van der Waals surface area contributed by atoms with Crippen molar-refractivity contribution in [3.05, 3.63) is 90.1 Å². The standard InChI is InChI=1S/C30H30ClN3O3S/c1-3-33(4-2)17-8-18-37-25-14-11-22(12-15-25)23-13-16-29-27(19-23)28-20-24(31)21-32-30(28)34(29)38(35,36)26-9-6-5-7-10-26/h5-7,9-16,19-21H,3-4,8,17-18H2,1-2H3. The topological polar surface area (TPSA) is 64.4 Å². The molecule has 2 heterocycles. The molecule has 196 valence electrons. The van der Waals surface area contributed by atoms with Crippen molar-refractivity contribution in [2.75, 3.05) is 26.2 Å². The second-order valence-corrected chi connectivity index (χ2v) is 11.3. The Morgan fingerprint density at radius 1 is 0.895 bits per heavy atom. The number of halogens is 1. The van der Waals surface area contributed by atoms with Gasteiger partial charge < -0.3 is 9.64 Å². The summed E-state index contributed by atoms with van der Waals surface area (Å²) in [5.74, 6) is 0.830. The first-order valence-corrected chi connectivity index (χ1v) is 14.6. The molecule has 6 nitrogen and oxygen atoms in total. The van der Waals surface area contributed by atoms with Crippen molar-refractivity contribution in [3.63, 3.8) is 0 Å². The molecule has 0 saturated carbocycles. The minimum atomic E-state index is -3.87. The van der Waals surface area contributed by atoms with Crippen LogP contribution in [0.3, 0.4) is 0 Å². The molecule has 0 radical (unpaired) electrons. The van der Waals surface area contributed by atoms with E-state index in [-0.39, 0.29) is 4.90 Å². The van der Waals surface area contributed by atoms with Crippen LogP contribution in [-0.2, 0) is 10.0 Å². The highest BCUT2D eigenvalue weighted by atomic mass is 35.5. The predicted molar refractivity (Wildman–Crippen MR) is 155 cm³/mol. The predicted octanol–water partition coefficient (Wildman–Crippen LogP) is 6.86. The highest BCUT2D eigenvalue weighted by molar-refractivity contribution is 7.90. The molecule has 0 atom stereocenters. The summed E-state index contributed by atoms with van der Waals surface area (Å²) < 4.78 is 34.6. The maximum atomic E-state index is 13.7. The van der Waals surface area contributed by atoms with Gasteiger partial charge in [0.15, 0.2) is 5.65 Å². The zero-order chi connectivity index (χ0) is 26.7. The lowest BCUT2D eigenvalue weighted by Gasteiger charge is -2.17. The molecule has 0 aliphatic rings. The SMILES string of the molecule is CCN(CC)CCCOc1ccc(-c2ccc3c(c2)c2cc(Cl)cnc2n3S(=O)(=O)c2ccccc2)cc1. The van der Waals surface area contributed by atoms with Crippen LogP contribution in [0.25, 0.3) is 33.1 Å². The molecule has 3 aromatic carbocycles. The molecule has 0 N–H and O–H groups in total. The van der Waals surface area contributed by atoms with Crippen molar-refractivity contribution < 1.29 is 13.2 Å². The van der Waals surface area contributed by atoms with Gasteiger partial charge in [-0.3, -0.25) is 0 Å². The zero-order valence-electron chi connectivity index (χ0n) is 21.5. The van der Waals surface area contributed by atoms with Crippen molar-refractivity contribution in [2.24, 2.45) is 0 Å². The zero-order valence-corrected chi connectivity index (χ0v) is 23.0. The number of aromatic nitrogens is 2. The molecule has 8 heteroatoms. The number of fused-ring (bicyclic) bond motifs is 3. The van der Waals surface area contributed by atoms with E-state index in [1.54, 1.807) is 36.4 Å². The van der Waals surface area contributed by atoms with E-state index in [0.29, 0.717) is 28.2 Å². The van der Waals surface area contributed by atoms with Gasteiger partial charge in [-0.1, -0.05) is 61.8 Å². The maximum absolute atomic E-state index is 13.7. The molecule has 2 aromatic heterocycles. The lowest BCUT2D eigenvalue weighted by atomic mass is 10.0. The summed E-state index contributed by atoms with van der Waals surface area (Å²) in [6.45, 7) is 8.14. The Bertz CT molecular complexity index is 1660. The van der Waals surface area contributed by atoms with Gasteiger partial charge in [0.1, 0.15) is 5.75 Å². The number of benzene rings is 3. The molecule has 0 amide bonds. The Morgan fingerprint density at radius 3 is 2.32 bits per heavy atom. The summed E-state index contributed by atoms with van der Waals surface area (Å²) in [5.41, 5.74) is 2.86. The van der Waals surface area contributed by atoms with Crippen LogP contribution in [0, 0.1) is 0 Å². The summed E-state index contributed by atoms with van der Waals surface area (Å²) >= 11 is 6.28. The fraction of sp³-hybridized carbons (Fsp3) is 0.233. The molecule has 0 unspecified atom stereocenters. The van der Waals surface area contributed by atoms with Crippen LogP contribution >= 0.6 is 11.6 Å². The molecular weight excluding hydrogens is 518 g/mol. The number of hydrogen-bond donors (Lipinski definition) is 0. The van der Waals surface area contributed by atoms with Gasteiger partial charge in [-0.2, -0.15) is 0 Å². The fourth-order valence-electron chi connectivity index (χ4n) is 4.72. The van der Waals surface area contributed by atoms with E-state index in [4.69, 9.17) is 16.3 Å². The Labute approximate surface area is 228 Å². The Balaban J connectivity index is 1.48. The Morgan fingerprint density at radius 2 is 1.61 bits per heavy atom. The van der Waals surface area contributed by atoms with Gasteiger partial charge in [0.25, 0.3) is 10.0 Å². The first-order valence-electron chi connectivity index (χ1n) is 12.8. The highest BCUT2D eigenvalue weighted by Gasteiger charge is 2.24. The lowest BCUT2D eigenvalue weighted by Crippen LogP contribution is -2.25. The maximum Gasteiger partial charge on any atom is 0.269 e. The second kappa shape index (κ2) is 11.2. The quantitative estimate of drug-likeness (QED) is 0.179. The molecule has 0 saturated heterocycles. The van der Waals surface area contributed by atoms with Crippen molar-refractivity contribution in [1.29, 1.82) is 0 Å². The van der Waals surface area contributed by atoms with E-state index in [2.05, 4.69) is 23.7 Å². The first-order chi connectivity index (χ1) is 18.4. The van der Waals surface area contributed by atoms with E-state index < -0.39 is 10.0 Å². The molecule has 0 spiro atoms. The normalized spacial score (nSPS) is 12.0. The minimum absolute atomic E-state index is 0.201. The van der Waals surface area contributed by atoms with Crippen LogP contribution in [0.1, 0.15) is 20.3 Å². The highest BCUT2D eigenvalue weighted by Crippen LogP contribution is 2.35. The van der Waals surface area contributed by atoms with Gasteiger partial charge >= 0.3 is 0 Å². The Hall–Kier alpha value is -3.39. The molecule has 5 rings (SSSR count). The minimum Gasteiger partial charge on any atom is -0.494 e. The van der Waals surface area contributed by atoms with E-state index in [9.17, 15) is 8.42 Å². The monoisotopic (exact) mass is 547 g/mol. The number of nitrogens with zero attached hydrogens (tertiary/aromatic N) is 3. The number of rotatable bonds is 10. The molecular formula is C30H30ClN3O3S. The van der Waals surface area contributed by atoms with Crippen molar-refractivity contribution >= 4 is 43.6 Å². The molecule has 38 heavy (non-hydrogen) atoms. The lowest BCUT2D eigenvalue weighted by molar-refractivity contribution is 0.249.